The van der Waals surface area contributed by atoms with E-state index in [2.05, 4.69) is 5.32 Å². The van der Waals surface area contributed by atoms with Gasteiger partial charge >= 0.3 is 0 Å². The lowest BCUT2D eigenvalue weighted by atomic mass is 9.87. The highest BCUT2D eigenvalue weighted by Gasteiger charge is 2.43. The Hall–Kier alpha value is -2.24. The van der Waals surface area contributed by atoms with Crippen molar-refractivity contribution in [1.29, 1.82) is 0 Å². The molecule has 1 aromatic carbocycles. The van der Waals surface area contributed by atoms with Gasteiger partial charge in [-0.25, -0.2) is 0 Å². The number of hydrogen-bond donors (Lipinski definition) is 1. The summed E-state index contributed by atoms with van der Waals surface area (Å²) in [4.78, 5) is 27.8. The molecular weight excluding hydrogens is 356 g/mol. The number of carbonyl (C=O) groups is 2. The van der Waals surface area contributed by atoms with Crippen molar-refractivity contribution < 1.29 is 19.1 Å². The Labute approximate surface area is 167 Å². The number of nitrogens with one attached hydrogen (secondary N) is 1. The molecule has 1 aromatic rings. The van der Waals surface area contributed by atoms with Gasteiger partial charge in [0.05, 0.1) is 20.1 Å². The van der Waals surface area contributed by atoms with Crippen molar-refractivity contribution in [3.63, 3.8) is 0 Å². The number of amides is 2. The van der Waals surface area contributed by atoms with E-state index in [1.807, 2.05) is 30.0 Å². The van der Waals surface area contributed by atoms with Crippen LogP contribution in [0.4, 0.5) is 0 Å². The Morgan fingerprint density at radius 3 is 2.54 bits per heavy atom. The maximum Gasteiger partial charge on any atom is 0.225 e. The first-order valence-electron chi connectivity index (χ1n) is 10.4. The van der Waals surface area contributed by atoms with Gasteiger partial charge < -0.3 is 19.7 Å². The third-order valence-corrected chi connectivity index (χ3v) is 6.06. The second-order valence-electron chi connectivity index (χ2n) is 7.84. The zero-order valence-corrected chi connectivity index (χ0v) is 17.2. The molecule has 1 aliphatic heterocycles. The van der Waals surface area contributed by atoms with E-state index in [1.165, 1.54) is 0 Å². The summed E-state index contributed by atoms with van der Waals surface area (Å²) in [6.07, 6.45) is 5.07. The summed E-state index contributed by atoms with van der Waals surface area (Å²) in [5.41, 5.74) is 0.931. The van der Waals surface area contributed by atoms with E-state index < -0.39 is 0 Å². The molecular formula is C22H32N2O4. The van der Waals surface area contributed by atoms with Crippen LogP contribution in [0.1, 0.15) is 50.5 Å². The van der Waals surface area contributed by atoms with Crippen molar-refractivity contribution in [2.24, 2.45) is 11.8 Å². The van der Waals surface area contributed by atoms with E-state index in [1.54, 1.807) is 14.2 Å². The van der Waals surface area contributed by atoms with Crippen LogP contribution in [0.2, 0.25) is 0 Å². The van der Waals surface area contributed by atoms with Gasteiger partial charge in [-0.2, -0.15) is 0 Å². The number of benzene rings is 1. The van der Waals surface area contributed by atoms with Crippen molar-refractivity contribution in [2.75, 3.05) is 33.9 Å². The molecule has 1 N–H and O–H groups in total. The standard InChI is InChI=1S/C22H32N2O4/c1-4-11-23-21(25)19-14-24(22(26)15-7-5-6-8-15)13-18(19)17-12-16(27-2)9-10-20(17)28-3/h9-10,12,15,18-19H,4-8,11,13-14H2,1-3H3,(H,23,25)/t18-,19+/m0/s1. The first kappa shape index (κ1) is 20.5. The van der Waals surface area contributed by atoms with Crippen LogP contribution in [0.3, 0.4) is 0 Å². The Morgan fingerprint density at radius 1 is 1.14 bits per heavy atom. The van der Waals surface area contributed by atoms with Gasteiger partial charge in [0.15, 0.2) is 0 Å². The van der Waals surface area contributed by atoms with Crippen LogP contribution in [0.25, 0.3) is 0 Å². The van der Waals surface area contributed by atoms with Crippen LogP contribution < -0.4 is 14.8 Å². The highest BCUT2D eigenvalue weighted by atomic mass is 16.5. The average Bonchev–Trinajstić information content (AvgIpc) is 3.41. The topological polar surface area (TPSA) is 67.9 Å². The van der Waals surface area contributed by atoms with E-state index in [-0.39, 0.29) is 29.6 Å². The quantitative estimate of drug-likeness (QED) is 0.780. The molecule has 2 fully saturated rings. The fraction of sp³-hybridized carbons (Fsp3) is 0.636. The number of rotatable bonds is 7. The molecule has 0 radical (unpaired) electrons. The molecule has 0 spiro atoms. The van der Waals surface area contributed by atoms with E-state index in [9.17, 15) is 9.59 Å². The average molecular weight is 389 g/mol. The molecule has 1 aliphatic carbocycles. The lowest BCUT2D eigenvalue weighted by Gasteiger charge is -2.21. The van der Waals surface area contributed by atoms with Gasteiger partial charge in [0.2, 0.25) is 11.8 Å². The molecule has 2 atom stereocenters. The Bertz CT molecular complexity index is 700. The first-order chi connectivity index (χ1) is 13.6. The van der Waals surface area contributed by atoms with Crippen molar-refractivity contribution in [3.8, 4) is 11.5 Å². The van der Waals surface area contributed by atoms with E-state index in [0.717, 1.165) is 49.2 Å². The number of likely N-dealkylation sites (tertiary alicyclic amines) is 1. The van der Waals surface area contributed by atoms with E-state index in [0.29, 0.717) is 19.6 Å². The molecule has 28 heavy (non-hydrogen) atoms. The second-order valence-corrected chi connectivity index (χ2v) is 7.84. The second kappa shape index (κ2) is 9.30. The van der Waals surface area contributed by atoms with Gasteiger partial charge in [-0.15, -0.1) is 0 Å². The molecule has 6 heteroatoms. The SMILES string of the molecule is CCCNC(=O)[C@@H]1CN(C(=O)C2CCCC2)C[C@H]1c1cc(OC)ccc1OC. The Kier molecular flexibility index (Phi) is 6.81. The molecule has 2 amide bonds. The van der Waals surface area contributed by atoms with Crippen molar-refractivity contribution >= 4 is 11.8 Å². The van der Waals surface area contributed by atoms with Gasteiger partial charge in [-0.1, -0.05) is 19.8 Å². The highest BCUT2D eigenvalue weighted by Crippen LogP contribution is 2.40. The van der Waals surface area contributed by atoms with Gasteiger partial charge in [-0.05, 0) is 37.5 Å². The van der Waals surface area contributed by atoms with Crippen LogP contribution in [-0.2, 0) is 9.59 Å². The van der Waals surface area contributed by atoms with E-state index in [4.69, 9.17) is 9.47 Å². The zero-order chi connectivity index (χ0) is 20.1. The molecule has 2 aliphatic rings. The largest absolute Gasteiger partial charge is 0.497 e. The van der Waals surface area contributed by atoms with Gasteiger partial charge in [0.25, 0.3) is 0 Å². The molecule has 1 saturated carbocycles. The van der Waals surface area contributed by atoms with Gasteiger partial charge in [0.1, 0.15) is 11.5 Å². The molecule has 3 rings (SSSR count). The number of carbonyl (C=O) groups excluding carboxylic acids is 2. The van der Waals surface area contributed by atoms with E-state index >= 15 is 0 Å². The smallest absolute Gasteiger partial charge is 0.225 e. The summed E-state index contributed by atoms with van der Waals surface area (Å²) in [6, 6.07) is 5.66. The van der Waals surface area contributed by atoms with Crippen molar-refractivity contribution in [2.45, 2.75) is 44.9 Å². The number of methoxy groups -OCH3 is 2. The number of hydrogen-bond acceptors (Lipinski definition) is 4. The fourth-order valence-corrected chi connectivity index (χ4v) is 4.50. The van der Waals surface area contributed by atoms with Crippen LogP contribution in [0.15, 0.2) is 18.2 Å². The summed E-state index contributed by atoms with van der Waals surface area (Å²) < 4.78 is 11.0. The Balaban J connectivity index is 1.89. The van der Waals surface area contributed by atoms with Crippen molar-refractivity contribution in [3.05, 3.63) is 23.8 Å². The van der Waals surface area contributed by atoms with Crippen LogP contribution in [-0.4, -0.2) is 50.6 Å². The lowest BCUT2D eigenvalue weighted by molar-refractivity contribution is -0.134. The molecule has 1 saturated heterocycles. The van der Waals surface area contributed by atoms with Crippen LogP contribution >= 0.6 is 0 Å². The maximum absolute atomic E-state index is 13.0. The minimum Gasteiger partial charge on any atom is -0.497 e. The van der Waals surface area contributed by atoms with Crippen LogP contribution in [0, 0.1) is 11.8 Å². The molecule has 6 nitrogen and oxygen atoms in total. The van der Waals surface area contributed by atoms with Crippen LogP contribution in [0.5, 0.6) is 11.5 Å². The minimum atomic E-state index is -0.280. The molecule has 0 bridgehead atoms. The monoisotopic (exact) mass is 388 g/mol. The molecule has 0 aromatic heterocycles. The molecule has 0 unspecified atom stereocenters. The number of nitrogens with zero attached hydrogens (tertiary/aromatic N) is 1. The van der Waals surface area contributed by atoms with Gasteiger partial charge in [-0.3, -0.25) is 9.59 Å². The molecule has 154 valence electrons. The number of ether oxygens (including phenoxy) is 2. The lowest BCUT2D eigenvalue weighted by Crippen LogP contribution is -2.37. The summed E-state index contributed by atoms with van der Waals surface area (Å²) in [7, 11) is 3.26. The zero-order valence-electron chi connectivity index (χ0n) is 17.2. The summed E-state index contributed by atoms with van der Waals surface area (Å²) in [6.45, 7) is 3.69. The Morgan fingerprint density at radius 2 is 1.89 bits per heavy atom. The van der Waals surface area contributed by atoms with Gasteiger partial charge in [0, 0.05) is 37.0 Å². The predicted molar refractivity (Wildman–Crippen MR) is 108 cm³/mol. The van der Waals surface area contributed by atoms with Crippen molar-refractivity contribution in [1.82, 2.24) is 10.2 Å². The molecule has 1 heterocycles. The first-order valence-corrected chi connectivity index (χ1v) is 10.4. The summed E-state index contributed by atoms with van der Waals surface area (Å²) in [5, 5.41) is 3.02. The minimum absolute atomic E-state index is 0.0124. The maximum atomic E-state index is 13.0. The summed E-state index contributed by atoms with van der Waals surface area (Å²) in [5.74, 6) is 1.41. The third kappa shape index (κ3) is 4.26. The predicted octanol–water partition coefficient (Wildman–Crippen LogP) is 2.96. The summed E-state index contributed by atoms with van der Waals surface area (Å²) >= 11 is 0. The third-order valence-electron chi connectivity index (χ3n) is 6.06. The normalized spacial score (nSPS) is 22.3. The fourth-order valence-electron chi connectivity index (χ4n) is 4.50. The highest BCUT2D eigenvalue weighted by molar-refractivity contribution is 5.84.